The molecular formula is C24H31ClN6O2. The van der Waals surface area contributed by atoms with Gasteiger partial charge < -0.3 is 19.7 Å². The zero-order valence-corrected chi connectivity index (χ0v) is 19.8. The van der Waals surface area contributed by atoms with Gasteiger partial charge in [-0.15, -0.1) is 0 Å². The third-order valence-electron chi connectivity index (χ3n) is 6.28. The van der Waals surface area contributed by atoms with Gasteiger partial charge in [0.25, 0.3) is 5.91 Å². The summed E-state index contributed by atoms with van der Waals surface area (Å²) in [7, 11) is 0. The van der Waals surface area contributed by atoms with E-state index in [1.807, 2.05) is 22.8 Å². The number of hydrogen-bond donors (Lipinski definition) is 1. The summed E-state index contributed by atoms with van der Waals surface area (Å²) in [5.74, 6) is 0.427. The normalized spacial score (nSPS) is 17.7. The fourth-order valence-electron chi connectivity index (χ4n) is 4.31. The molecule has 1 N–H and O–H groups in total. The highest BCUT2D eigenvalue weighted by atomic mass is 35.5. The second kappa shape index (κ2) is 11.0. The van der Waals surface area contributed by atoms with Gasteiger partial charge >= 0.3 is 0 Å². The third-order valence-corrected chi connectivity index (χ3v) is 6.61. The van der Waals surface area contributed by atoms with Crippen LogP contribution < -0.4 is 5.32 Å². The summed E-state index contributed by atoms with van der Waals surface area (Å²) in [6.45, 7) is 9.86. The largest absolute Gasteiger partial charge is 0.330 e. The number of rotatable bonds is 6. The molecule has 1 saturated heterocycles. The summed E-state index contributed by atoms with van der Waals surface area (Å²) in [4.78, 5) is 36.5. The van der Waals surface area contributed by atoms with Crippen LogP contribution in [0, 0.1) is 0 Å². The molecule has 1 fully saturated rings. The highest BCUT2D eigenvalue weighted by Gasteiger charge is 2.25. The van der Waals surface area contributed by atoms with Crippen LogP contribution >= 0.6 is 11.6 Å². The average molecular weight is 471 g/mol. The second-order valence-electron chi connectivity index (χ2n) is 8.40. The standard InChI is InChI=1S/C24H31ClN6O2/c1-2-28-11-6-12-29(14-13-28)10-5-9-23(32)30-15-16-31-21(17-26-22(31)18-30)24(33)27-20-8-4-3-7-19(20)25/h3-5,7-9,17H,2,6,10-16,18H2,1H3,(H,27,33)/b9-5+. The van der Waals surface area contributed by atoms with Crippen molar-refractivity contribution < 1.29 is 9.59 Å². The molecule has 1 aromatic heterocycles. The Kier molecular flexibility index (Phi) is 7.80. The van der Waals surface area contributed by atoms with Crippen molar-refractivity contribution in [2.24, 2.45) is 0 Å². The van der Waals surface area contributed by atoms with Crippen LogP contribution in [-0.2, 0) is 17.9 Å². The molecule has 176 valence electrons. The summed E-state index contributed by atoms with van der Waals surface area (Å²) in [5, 5.41) is 3.32. The number of anilines is 1. The minimum Gasteiger partial charge on any atom is -0.330 e. The van der Waals surface area contributed by atoms with Gasteiger partial charge in [-0.05, 0) is 38.2 Å². The van der Waals surface area contributed by atoms with Gasteiger partial charge in [0, 0.05) is 38.8 Å². The van der Waals surface area contributed by atoms with Crippen molar-refractivity contribution in [1.82, 2.24) is 24.3 Å². The van der Waals surface area contributed by atoms with Gasteiger partial charge in [-0.3, -0.25) is 14.5 Å². The van der Waals surface area contributed by atoms with Crippen LogP contribution in [0.1, 0.15) is 29.7 Å². The van der Waals surface area contributed by atoms with Gasteiger partial charge in [0.2, 0.25) is 5.91 Å². The Morgan fingerprint density at radius 3 is 2.70 bits per heavy atom. The number of amides is 2. The topological polar surface area (TPSA) is 73.7 Å². The van der Waals surface area contributed by atoms with Crippen LogP contribution in [0.3, 0.4) is 0 Å². The Morgan fingerprint density at radius 1 is 1.09 bits per heavy atom. The lowest BCUT2D eigenvalue weighted by atomic mass is 10.3. The number of imidazole rings is 1. The Labute approximate surface area is 199 Å². The molecule has 2 aliphatic heterocycles. The van der Waals surface area contributed by atoms with Crippen molar-refractivity contribution in [2.45, 2.75) is 26.4 Å². The molecule has 0 unspecified atom stereocenters. The van der Waals surface area contributed by atoms with Gasteiger partial charge in [-0.1, -0.05) is 36.7 Å². The molecule has 33 heavy (non-hydrogen) atoms. The first-order valence-electron chi connectivity index (χ1n) is 11.6. The molecular weight excluding hydrogens is 440 g/mol. The van der Waals surface area contributed by atoms with E-state index in [2.05, 4.69) is 27.0 Å². The first-order valence-corrected chi connectivity index (χ1v) is 11.9. The summed E-state index contributed by atoms with van der Waals surface area (Å²) in [5.41, 5.74) is 1.03. The minimum absolute atomic E-state index is 0.0173. The number of carbonyl (C=O) groups is 2. The smallest absolute Gasteiger partial charge is 0.273 e. The van der Waals surface area contributed by atoms with Gasteiger partial charge in [0.15, 0.2) is 0 Å². The molecule has 2 aliphatic rings. The van der Waals surface area contributed by atoms with Crippen LogP contribution in [0.25, 0.3) is 0 Å². The lowest BCUT2D eigenvalue weighted by Gasteiger charge is -2.27. The molecule has 0 saturated carbocycles. The number of benzene rings is 1. The maximum atomic E-state index is 12.7. The van der Waals surface area contributed by atoms with E-state index in [0.717, 1.165) is 45.7 Å². The van der Waals surface area contributed by atoms with E-state index >= 15 is 0 Å². The van der Waals surface area contributed by atoms with Crippen LogP contribution in [0.2, 0.25) is 5.02 Å². The molecule has 0 aliphatic carbocycles. The molecule has 2 amide bonds. The minimum atomic E-state index is -0.263. The fraction of sp³-hybridized carbons (Fsp3) is 0.458. The first-order chi connectivity index (χ1) is 16.0. The van der Waals surface area contributed by atoms with Gasteiger partial charge in [-0.25, -0.2) is 4.98 Å². The van der Waals surface area contributed by atoms with Crippen LogP contribution in [0.15, 0.2) is 42.6 Å². The predicted octanol–water partition coefficient (Wildman–Crippen LogP) is 2.71. The fourth-order valence-corrected chi connectivity index (χ4v) is 4.49. The van der Waals surface area contributed by atoms with Crippen molar-refractivity contribution in [3.63, 3.8) is 0 Å². The molecule has 0 spiro atoms. The van der Waals surface area contributed by atoms with E-state index in [9.17, 15) is 9.59 Å². The van der Waals surface area contributed by atoms with Crippen molar-refractivity contribution >= 4 is 29.1 Å². The Morgan fingerprint density at radius 2 is 1.88 bits per heavy atom. The summed E-state index contributed by atoms with van der Waals surface area (Å²) < 4.78 is 1.87. The number of nitrogens with one attached hydrogen (secondary N) is 1. The summed E-state index contributed by atoms with van der Waals surface area (Å²) in [6.07, 6.45) is 6.36. The highest BCUT2D eigenvalue weighted by Crippen LogP contribution is 2.22. The van der Waals surface area contributed by atoms with E-state index in [0.29, 0.717) is 41.9 Å². The number of carbonyl (C=O) groups excluding carboxylic acids is 2. The number of fused-ring (bicyclic) bond motifs is 1. The molecule has 2 aromatic rings. The van der Waals surface area contributed by atoms with Crippen LogP contribution in [-0.4, -0.2) is 81.9 Å². The van der Waals surface area contributed by atoms with Crippen molar-refractivity contribution in [2.75, 3.05) is 51.1 Å². The maximum absolute atomic E-state index is 12.7. The molecule has 4 rings (SSSR count). The number of para-hydroxylation sites is 1. The SMILES string of the molecule is CCN1CCCN(C/C=C/C(=O)N2CCn3c(C(=O)Nc4ccccc4Cl)cnc3C2)CC1. The van der Waals surface area contributed by atoms with Crippen LogP contribution in [0.4, 0.5) is 5.69 Å². The number of nitrogens with zero attached hydrogens (tertiary/aromatic N) is 5. The number of halogens is 1. The van der Waals surface area contributed by atoms with Crippen molar-refractivity contribution in [3.05, 3.63) is 59.2 Å². The van der Waals surface area contributed by atoms with E-state index in [1.165, 1.54) is 0 Å². The lowest BCUT2D eigenvalue weighted by Crippen LogP contribution is -2.38. The van der Waals surface area contributed by atoms with Gasteiger partial charge in [-0.2, -0.15) is 0 Å². The van der Waals surface area contributed by atoms with Crippen molar-refractivity contribution in [1.29, 1.82) is 0 Å². The molecule has 1 aromatic carbocycles. The van der Waals surface area contributed by atoms with E-state index in [-0.39, 0.29) is 11.8 Å². The lowest BCUT2D eigenvalue weighted by molar-refractivity contribution is -0.127. The molecule has 0 radical (unpaired) electrons. The van der Waals surface area contributed by atoms with Crippen molar-refractivity contribution in [3.8, 4) is 0 Å². The third kappa shape index (κ3) is 5.82. The van der Waals surface area contributed by atoms with Gasteiger partial charge in [0.1, 0.15) is 11.5 Å². The molecule has 9 heteroatoms. The average Bonchev–Trinajstić information content (AvgIpc) is 3.11. The summed E-state index contributed by atoms with van der Waals surface area (Å²) >= 11 is 6.15. The zero-order chi connectivity index (χ0) is 23.2. The monoisotopic (exact) mass is 470 g/mol. The Hall–Kier alpha value is -2.68. The van der Waals surface area contributed by atoms with Crippen LogP contribution in [0.5, 0.6) is 0 Å². The van der Waals surface area contributed by atoms with E-state index in [4.69, 9.17) is 11.6 Å². The molecule has 3 heterocycles. The van der Waals surface area contributed by atoms with E-state index in [1.54, 1.807) is 29.3 Å². The van der Waals surface area contributed by atoms with E-state index < -0.39 is 0 Å². The number of likely N-dealkylation sites (N-methyl/N-ethyl adjacent to an activating group) is 1. The second-order valence-corrected chi connectivity index (χ2v) is 8.80. The van der Waals surface area contributed by atoms with Gasteiger partial charge in [0.05, 0.1) is 23.5 Å². The molecule has 0 bridgehead atoms. The zero-order valence-electron chi connectivity index (χ0n) is 19.0. The number of aromatic nitrogens is 2. The highest BCUT2D eigenvalue weighted by molar-refractivity contribution is 6.33. The Balaban J connectivity index is 1.31. The summed E-state index contributed by atoms with van der Waals surface area (Å²) in [6, 6.07) is 7.11. The first kappa shape index (κ1) is 23.5. The predicted molar refractivity (Wildman–Crippen MR) is 129 cm³/mol. The quantitative estimate of drug-likeness (QED) is 0.657. The Bertz CT molecular complexity index is 1020. The molecule has 0 atom stereocenters. The maximum Gasteiger partial charge on any atom is 0.273 e. The number of hydrogen-bond acceptors (Lipinski definition) is 5. The molecule has 8 nitrogen and oxygen atoms in total.